The van der Waals surface area contributed by atoms with Crippen molar-refractivity contribution in [1.29, 1.82) is 0 Å². The largest absolute Gasteiger partial charge is 0.397 e. The Hall–Kier alpha value is -1.31. The Kier molecular flexibility index (Phi) is 4.22. The lowest BCUT2D eigenvalue weighted by atomic mass is 10.1. The molecule has 0 aliphatic carbocycles. The van der Waals surface area contributed by atoms with Crippen molar-refractivity contribution in [2.45, 2.75) is 24.0 Å². The maximum absolute atomic E-state index is 11.5. The molecule has 1 heterocycles. The number of aliphatic hydroxyl groups excluding tert-OH is 1. The van der Waals surface area contributed by atoms with Crippen LogP contribution < -0.4 is 10.6 Å². The van der Waals surface area contributed by atoms with Gasteiger partial charge in [-0.3, -0.25) is 0 Å². The summed E-state index contributed by atoms with van der Waals surface area (Å²) >= 11 is 0. The summed E-state index contributed by atoms with van der Waals surface area (Å²) in [4.78, 5) is 2.22. The second-order valence-electron chi connectivity index (χ2n) is 5.15. The molecule has 112 valence electrons. The molecule has 7 heteroatoms. The minimum absolute atomic E-state index is 0.0186. The highest BCUT2D eigenvalue weighted by Gasteiger charge is 2.26. The molecule has 0 radical (unpaired) electrons. The van der Waals surface area contributed by atoms with Crippen LogP contribution in [0, 0.1) is 0 Å². The average Bonchev–Trinajstić information content (AvgIpc) is 2.36. The van der Waals surface area contributed by atoms with Gasteiger partial charge in [-0.2, -0.15) is 0 Å². The first-order valence-corrected chi connectivity index (χ1v) is 8.31. The summed E-state index contributed by atoms with van der Waals surface area (Å²) in [6.45, 7) is 3.06. The number of aliphatic hydroxyl groups is 1. The third kappa shape index (κ3) is 3.23. The summed E-state index contributed by atoms with van der Waals surface area (Å²) in [6.07, 6.45) is 0.877. The average molecular weight is 300 g/mol. The zero-order valence-electron chi connectivity index (χ0n) is 11.6. The number of nitrogen functional groups attached to an aromatic ring is 1. The molecule has 0 saturated carbocycles. The molecule has 1 aromatic carbocycles. The van der Waals surface area contributed by atoms with Crippen LogP contribution in [0.1, 0.15) is 6.92 Å². The molecule has 20 heavy (non-hydrogen) atoms. The fraction of sp³-hybridized carbons (Fsp3) is 0.538. The van der Waals surface area contributed by atoms with Crippen molar-refractivity contribution in [3.63, 3.8) is 0 Å². The number of benzene rings is 1. The smallest absolute Gasteiger partial charge is 0.175 e. The quantitative estimate of drug-likeness (QED) is 0.778. The van der Waals surface area contributed by atoms with Gasteiger partial charge in [-0.15, -0.1) is 0 Å². The number of nitrogens with zero attached hydrogens (tertiary/aromatic N) is 1. The number of hydrogen-bond acceptors (Lipinski definition) is 6. The van der Waals surface area contributed by atoms with Gasteiger partial charge >= 0.3 is 0 Å². The summed E-state index contributed by atoms with van der Waals surface area (Å²) in [7, 11) is -3.26. The first-order chi connectivity index (χ1) is 9.31. The third-order valence-electron chi connectivity index (χ3n) is 3.30. The van der Waals surface area contributed by atoms with Crippen LogP contribution in [0.2, 0.25) is 0 Å². The van der Waals surface area contributed by atoms with E-state index in [2.05, 4.69) is 0 Å². The molecule has 2 rings (SSSR count). The topological polar surface area (TPSA) is 92.9 Å². The predicted molar refractivity (Wildman–Crippen MR) is 77.6 cm³/mol. The molecule has 1 aliphatic rings. The lowest BCUT2D eigenvalue weighted by Gasteiger charge is -2.38. The SMILES string of the molecule is CC1CN(c2ccc(S(C)(=O)=O)cc2N)CC(CO)O1. The van der Waals surface area contributed by atoms with Gasteiger partial charge in [-0.1, -0.05) is 0 Å². The van der Waals surface area contributed by atoms with E-state index in [4.69, 9.17) is 10.5 Å². The standard InChI is InChI=1S/C13H20N2O4S/c1-9-6-15(7-10(8-16)19-9)13-4-3-11(5-12(13)14)20(2,17)18/h3-5,9-10,16H,6-8,14H2,1-2H3. The maximum atomic E-state index is 11.5. The highest BCUT2D eigenvalue weighted by Crippen LogP contribution is 2.28. The minimum Gasteiger partial charge on any atom is -0.397 e. The number of anilines is 2. The molecule has 6 nitrogen and oxygen atoms in total. The second kappa shape index (κ2) is 5.59. The summed E-state index contributed by atoms with van der Waals surface area (Å²) in [6, 6.07) is 4.73. The van der Waals surface area contributed by atoms with Crippen LogP contribution in [0.25, 0.3) is 0 Å². The number of ether oxygens (including phenoxy) is 1. The molecular weight excluding hydrogens is 280 g/mol. The van der Waals surface area contributed by atoms with E-state index in [-0.39, 0.29) is 23.7 Å². The Bertz CT molecular complexity index is 588. The molecule has 1 aliphatic heterocycles. The number of morpholine rings is 1. The van der Waals surface area contributed by atoms with Gasteiger partial charge in [-0.05, 0) is 25.1 Å². The molecule has 1 fully saturated rings. The first-order valence-electron chi connectivity index (χ1n) is 6.42. The van der Waals surface area contributed by atoms with E-state index >= 15 is 0 Å². The Morgan fingerprint density at radius 1 is 1.45 bits per heavy atom. The van der Waals surface area contributed by atoms with Gasteiger partial charge in [0.15, 0.2) is 9.84 Å². The van der Waals surface area contributed by atoms with Gasteiger partial charge in [0.05, 0.1) is 35.1 Å². The van der Waals surface area contributed by atoms with Gasteiger partial charge in [0.1, 0.15) is 0 Å². The highest BCUT2D eigenvalue weighted by molar-refractivity contribution is 7.90. The minimum atomic E-state index is -3.26. The predicted octanol–water partition coefficient (Wildman–Crippen LogP) is 0.258. The van der Waals surface area contributed by atoms with Crippen molar-refractivity contribution in [2.24, 2.45) is 0 Å². The maximum Gasteiger partial charge on any atom is 0.175 e. The van der Waals surface area contributed by atoms with Crippen LogP contribution in [0.3, 0.4) is 0 Å². The van der Waals surface area contributed by atoms with Crippen LogP contribution in [0.5, 0.6) is 0 Å². The molecule has 1 aromatic rings. The van der Waals surface area contributed by atoms with E-state index in [1.165, 1.54) is 6.07 Å². The van der Waals surface area contributed by atoms with E-state index in [9.17, 15) is 13.5 Å². The molecule has 0 spiro atoms. The van der Waals surface area contributed by atoms with E-state index < -0.39 is 9.84 Å². The molecule has 2 atom stereocenters. The van der Waals surface area contributed by atoms with Crippen LogP contribution in [-0.2, 0) is 14.6 Å². The second-order valence-corrected chi connectivity index (χ2v) is 7.16. The van der Waals surface area contributed by atoms with Gasteiger partial charge < -0.3 is 20.5 Å². The van der Waals surface area contributed by atoms with Crippen LogP contribution in [-0.4, -0.2) is 51.7 Å². The normalized spacial score (nSPS) is 23.9. The van der Waals surface area contributed by atoms with E-state index in [0.29, 0.717) is 18.8 Å². The number of sulfone groups is 1. The first kappa shape index (κ1) is 15.1. The van der Waals surface area contributed by atoms with E-state index in [1.54, 1.807) is 12.1 Å². The Balaban J connectivity index is 2.29. The van der Waals surface area contributed by atoms with E-state index in [0.717, 1.165) is 11.9 Å². The van der Waals surface area contributed by atoms with Crippen molar-refractivity contribution >= 4 is 21.2 Å². The molecule has 1 saturated heterocycles. The zero-order valence-corrected chi connectivity index (χ0v) is 12.4. The lowest BCUT2D eigenvalue weighted by Crippen LogP contribution is -2.48. The number of nitrogens with two attached hydrogens (primary N) is 1. The highest BCUT2D eigenvalue weighted by atomic mass is 32.2. The van der Waals surface area contributed by atoms with Gasteiger partial charge in [0.2, 0.25) is 0 Å². The van der Waals surface area contributed by atoms with Gasteiger partial charge in [-0.25, -0.2) is 8.42 Å². The van der Waals surface area contributed by atoms with Crippen molar-refractivity contribution < 1.29 is 18.3 Å². The third-order valence-corrected chi connectivity index (χ3v) is 4.41. The molecule has 3 N–H and O–H groups in total. The zero-order chi connectivity index (χ0) is 14.9. The number of hydrogen-bond donors (Lipinski definition) is 2. The van der Waals surface area contributed by atoms with Crippen molar-refractivity contribution in [3.8, 4) is 0 Å². The summed E-state index contributed by atoms with van der Waals surface area (Å²) in [5.41, 5.74) is 7.16. The fourth-order valence-electron chi connectivity index (χ4n) is 2.39. The molecule has 0 amide bonds. The molecule has 0 aromatic heterocycles. The van der Waals surface area contributed by atoms with Crippen molar-refractivity contribution in [2.75, 3.05) is 36.6 Å². The Morgan fingerprint density at radius 3 is 2.70 bits per heavy atom. The Labute approximate surface area is 119 Å². The van der Waals surface area contributed by atoms with Gasteiger partial charge in [0, 0.05) is 19.3 Å². The molecule has 0 bridgehead atoms. The monoisotopic (exact) mass is 300 g/mol. The summed E-state index contributed by atoms with van der Waals surface area (Å²) in [5.74, 6) is 0. The van der Waals surface area contributed by atoms with Crippen LogP contribution in [0.4, 0.5) is 11.4 Å². The van der Waals surface area contributed by atoms with Crippen LogP contribution in [0.15, 0.2) is 23.1 Å². The summed E-state index contributed by atoms with van der Waals surface area (Å²) < 4.78 is 28.6. The van der Waals surface area contributed by atoms with Crippen LogP contribution >= 0.6 is 0 Å². The number of rotatable bonds is 3. The van der Waals surface area contributed by atoms with Crippen molar-refractivity contribution in [1.82, 2.24) is 0 Å². The van der Waals surface area contributed by atoms with E-state index in [1.807, 2.05) is 11.8 Å². The Morgan fingerprint density at radius 2 is 2.15 bits per heavy atom. The summed E-state index contributed by atoms with van der Waals surface area (Å²) in [5, 5.41) is 9.23. The molecular formula is C13H20N2O4S. The van der Waals surface area contributed by atoms with Gasteiger partial charge in [0.25, 0.3) is 0 Å². The fourth-order valence-corrected chi connectivity index (χ4v) is 3.05. The molecule has 2 unspecified atom stereocenters. The van der Waals surface area contributed by atoms with Crippen molar-refractivity contribution in [3.05, 3.63) is 18.2 Å². The lowest BCUT2D eigenvalue weighted by molar-refractivity contribution is -0.0420.